The number of rotatable bonds is 9. The number of halogens is 1. The number of hydrogen-bond donors (Lipinski definition) is 0. The van der Waals surface area contributed by atoms with Gasteiger partial charge in [-0.25, -0.2) is 4.39 Å². The maximum atomic E-state index is 13.2. The topological polar surface area (TPSA) is 6.48 Å². The monoisotopic (exact) mass is 490 g/mol. The Hall–Kier alpha value is -0.820. The molecule has 4 rings (SSSR count). The minimum absolute atomic E-state index is 0.158. The summed E-state index contributed by atoms with van der Waals surface area (Å²) in [6, 6.07) is 16.0. The summed E-state index contributed by atoms with van der Waals surface area (Å²) in [6.45, 7) is 10.0. The van der Waals surface area contributed by atoms with Crippen molar-refractivity contribution in [1.29, 1.82) is 0 Å². The van der Waals surface area contributed by atoms with Crippen LogP contribution in [0.25, 0.3) is 0 Å². The highest BCUT2D eigenvalue weighted by molar-refractivity contribution is 8.17. The first kappa shape index (κ1) is 24.3. The predicted molar refractivity (Wildman–Crippen MR) is 143 cm³/mol. The fourth-order valence-electron chi connectivity index (χ4n) is 4.88. The molecule has 1 atom stereocenters. The molecule has 174 valence electrons. The van der Waals surface area contributed by atoms with E-state index >= 15 is 0 Å². The Labute approximate surface area is 206 Å². The van der Waals surface area contributed by atoms with Gasteiger partial charge in [-0.2, -0.15) is 0 Å². The zero-order valence-electron chi connectivity index (χ0n) is 19.3. The van der Waals surface area contributed by atoms with Crippen LogP contribution in [0.4, 0.5) is 10.1 Å². The number of thioether (sulfide) groups is 3. The lowest BCUT2D eigenvalue weighted by Gasteiger charge is -2.41. The summed E-state index contributed by atoms with van der Waals surface area (Å²) in [4.78, 5) is 6.48. The molecule has 2 nitrogen and oxygen atoms in total. The molecule has 1 saturated heterocycles. The maximum absolute atomic E-state index is 13.2. The van der Waals surface area contributed by atoms with Crippen molar-refractivity contribution in [2.75, 3.05) is 49.1 Å². The quantitative estimate of drug-likeness (QED) is 0.350. The highest BCUT2D eigenvalue weighted by atomic mass is 32.2. The average Bonchev–Trinajstić information content (AvgIpc) is 2.81. The van der Waals surface area contributed by atoms with Crippen LogP contribution in [0, 0.1) is 5.82 Å². The van der Waals surface area contributed by atoms with E-state index < -0.39 is 0 Å². The van der Waals surface area contributed by atoms with Gasteiger partial charge in [0.15, 0.2) is 0 Å². The van der Waals surface area contributed by atoms with Crippen LogP contribution >= 0.6 is 35.3 Å². The van der Waals surface area contributed by atoms with Crippen molar-refractivity contribution in [2.24, 2.45) is 0 Å². The summed E-state index contributed by atoms with van der Waals surface area (Å²) in [5.74, 6) is 2.17. The van der Waals surface area contributed by atoms with Crippen molar-refractivity contribution < 1.29 is 4.39 Å². The molecule has 6 heteroatoms. The minimum Gasteiger partial charge on any atom is -0.369 e. The van der Waals surface area contributed by atoms with Gasteiger partial charge in [0.25, 0.3) is 0 Å². The number of piperazine rings is 1. The Kier molecular flexibility index (Phi) is 8.77. The van der Waals surface area contributed by atoms with E-state index in [2.05, 4.69) is 83.2 Å². The Morgan fingerprint density at radius 1 is 0.969 bits per heavy atom. The molecule has 0 aliphatic carbocycles. The highest BCUT2D eigenvalue weighted by Crippen LogP contribution is 2.58. The third kappa shape index (κ3) is 5.81. The van der Waals surface area contributed by atoms with Gasteiger partial charge in [0, 0.05) is 42.0 Å². The van der Waals surface area contributed by atoms with Crippen LogP contribution in [-0.2, 0) is 4.08 Å². The fourth-order valence-corrected chi connectivity index (χ4v) is 10.0. The zero-order chi connectivity index (χ0) is 22.4. The van der Waals surface area contributed by atoms with Crippen molar-refractivity contribution in [3.63, 3.8) is 0 Å². The van der Waals surface area contributed by atoms with Crippen molar-refractivity contribution in [1.82, 2.24) is 4.90 Å². The van der Waals surface area contributed by atoms with Crippen LogP contribution in [0.15, 0.2) is 53.4 Å². The van der Waals surface area contributed by atoms with E-state index in [1.54, 1.807) is 17.7 Å². The number of hydrogen-bond acceptors (Lipinski definition) is 5. The van der Waals surface area contributed by atoms with Gasteiger partial charge in [-0.15, -0.1) is 35.3 Å². The summed E-state index contributed by atoms with van der Waals surface area (Å²) in [7, 11) is 0. The fraction of sp³-hybridized carbons (Fsp3) is 0.538. The van der Waals surface area contributed by atoms with Gasteiger partial charge < -0.3 is 4.90 Å². The Bertz CT molecular complexity index is 846. The molecule has 0 saturated carbocycles. The maximum Gasteiger partial charge on any atom is 0.123 e. The molecule has 0 bridgehead atoms. The Balaban J connectivity index is 1.29. The molecule has 0 spiro atoms. The summed E-state index contributed by atoms with van der Waals surface area (Å²) in [5, 5.41) is 0.698. The lowest BCUT2D eigenvalue weighted by molar-refractivity contribution is 0.252. The molecule has 0 N–H and O–H groups in total. The van der Waals surface area contributed by atoms with Crippen molar-refractivity contribution in [3.05, 3.63) is 59.9 Å². The van der Waals surface area contributed by atoms with E-state index in [9.17, 15) is 4.39 Å². The molecule has 1 fully saturated rings. The first-order valence-electron chi connectivity index (χ1n) is 11.9. The Morgan fingerprint density at radius 3 is 2.34 bits per heavy atom. The molecule has 32 heavy (non-hydrogen) atoms. The molecule has 1 unspecified atom stereocenters. The summed E-state index contributed by atoms with van der Waals surface area (Å²) in [6.07, 6.45) is 3.82. The number of fused-ring (bicyclic) bond motifs is 1. The smallest absolute Gasteiger partial charge is 0.123 e. The number of benzene rings is 2. The number of anilines is 1. The molecule has 0 amide bonds. The molecule has 2 aromatic carbocycles. The van der Waals surface area contributed by atoms with Gasteiger partial charge in [-0.05, 0) is 73.2 Å². The average molecular weight is 491 g/mol. The van der Waals surface area contributed by atoms with Crippen LogP contribution in [-0.4, -0.2) is 54.4 Å². The van der Waals surface area contributed by atoms with Gasteiger partial charge >= 0.3 is 0 Å². The standard InChI is InChI=1S/C26H35FN2S3/c1-3-30-26(31-4-2)20-23(32-25-10-6-5-9-24(25)26)8-7-15-28-16-18-29(19-17-28)22-13-11-21(27)12-14-22/h5-6,9-14,23H,3-4,7-8,15-20H2,1-2H3. The van der Waals surface area contributed by atoms with Gasteiger partial charge in [-0.3, -0.25) is 4.90 Å². The van der Waals surface area contributed by atoms with Gasteiger partial charge in [-0.1, -0.05) is 32.0 Å². The van der Waals surface area contributed by atoms with Crippen LogP contribution < -0.4 is 4.90 Å². The van der Waals surface area contributed by atoms with Gasteiger partial charge in [0.1, 0.15) is 5.82 Å². The second kappa shape index (κ2) is 11.5. The molecular formula is C26H35FN2S3. The molecule has 0 aromatic heterocycles. The molecule has 0 radical (unpaired) electrons. The van der Waals surface area contributed by atoms with Gasteiger partial charge in [0.2, 0.25) is 0 Å². The molecular weight excluding hydrogens is 455 g/mol. The van der Waals surface area contributed by atoms with E-state index in [1.165, 1.54) is 30.7 Å². The SMILES string of the molecule is CCSC1(SCC)CC(CCCN2CCN(c3ccc(F)cc3)CC2)Sc2ccccc21. The predicted octanol–water partition coefficient (Wildman–Crippen LogP) is 6.95. The van der Waals surface area contributed by atoms with E-state index in [4.69, 9.17) is 0 Å². The van der Waals surface area contributed by atoms with Crippen molar-refractivity contribution in [3.8, 4) is 0 Å². The third-order valence-electron chi connectivity index (χ3n) is 6.41. The lowest BCUT2D eigenvalue weighted by atomic mass is 10.0. The van der Waals surface area contributed by atoms with Crippen LogP contribution in [0.2, 0.25) is 0 Å². The van der Waals surface area contributed by atoms with Crippen LogP contribution in [0.1, 0.15) is 38.7 Å². The molecule has 2 aliphatic heterocycles. The summed E-state index contributed by atoms with van der Waals surface area (Å²) < 4.78 is 13.4. The van der Waals surface area contributed by atoms with Crippen LogP contribution in [0.5, 0.6) is 0 Å². The van der Waals surface area contributed by atoms with E-state index in [1.807, 2.05) is 12.1 Å². The van der Waals surface area contributed by atoms with Crippen LogP contribution in [0.3, 0.4) is 0 Å². The van der Waals surface area contributed by atoms with E-state index in [-0.39, 0.29) is 9.90 Å². The van der Waals surface area contributed by atoms with E-state index in [0.29, 0.717) is 5.25 Å². The van der Waals surface area contributed by atoms with Gasteiger partial charge in [0.05, 0.1) is 4.08 Å². The Morgan fingerprint density at radius 2 is 1.66 bits per heavy atom. The number of nitrogens with zero attached hydrogens (tertiary/aromatic N) is 2. The highest BCUT2D eigenvalue weighted by Gasteiger charge is 2.40. The molecule has 2 aliphatic rings. The molecule has 2 heterocycles. The summed E-state index contributed by atoms with van der Waals surface area (Å²) >= 11 is 6.40. The summed E-state index contributed by atoms with van der Waals surface area (Å²) in [5.41, 5.74) is 2.69. The van der Waals surface area contributed by atoms with Crippen molar-refractivity contribution in [2.45, 2.75) is 47.3 Å². The van der Waals surface area contributed by atoms with E-state index in [0.717, 1.165) is 43.4 Å². The zero-order valence-corrected chi connectivity index (χ0v) is 21.7. The minimum atomic E-state index is -0.158. The normalized spacial score (nSPS) is 20.8. The lowest BCUT2D eigenvalue weighted by Crippen LogP contribution is -2.46. The molecule has 2 aromatic rings. The first-order chi connectivity index (χ1) is 15.6. The largest absolute Gasteiger partial charge is 0.369 e. The first-order valence-corrected chi connectivity index (χ1v) is 14.8. The second-order valence-electron chi connectivity index (χ2n) is 8.51. The second-order valence-corrected chi connectivity index (χ2v) is 13.2. The third-order valence-corrected chi connectivity index (χ3v) is 10.7. The van der Waals surface area contributed by atoms with Crippen molar-refractivity contribution >= 4 is 41.0 Å².